The zero-order valence-electron chi connectivity index (χ0n) is 8.81. The molecule has 17 heavy (non-hydrogen) atoms. The third-order valence-electron chi connectivity index (χ3n) is 2.04. The number of carbonyl (C=O) groups is 2. The zero-order chi connectivity index (χ0) is 12.8. The molecule has 0 aromatic heterocycles. The second-order valence-corrected chi connectivity index (χ2v) is 3.25. The molecule has 5 heteroatoms. The van der Waals surface area contributed by atoms with Gasteiger partial charge >= 0.3 is 5.97 Å². The van der Waals surface area contributed by atoms with Gasteiger partial charge in [-0.05, 0) is 12.1 Å². The molecule has 1 aromatic rings. The monoisotopic (exact) mass is 235 g/mol. The molecule has 0 aliphatic rings. The lowest BCUT2D eigenvalue weighted by atomic mass is 10.1. The SMILES string of the molecule is C#CC[C@H](NC(=O)c1ccccc1F)C(=O)O. The highest BCUT2D eigenvalue weighted by atomic mass is 19.1. The predicted octanol–water partition coefficient (Wildman–Crippen LogP) is 1.03. The molecule has 88 valence electrons. The van der Waals surface area contributed by atoms with Crippen molar-refractivity contribution < 1.29 is 19.1 Å². The molecule has 0 spiro atoms. The van der Waals surface area contributed by atoms with Gasteiger partial charge in [0.05, 0.1) is 5.56 Å². The molecule has 0 bridgehead atoms. The summed E-state index contributed by atoms with van der Waals surface area (Å²) in [6, 6.07) is 4.08. The number of carboxylic acid groups (broad SMARTS) is 1. The summed E-state index contributed by atoms with van der Waals surface area (Å²) in [6.07, 6.45) is 4.82. The average Bonchev–Trinajstić information content (AvgIpc) is 2.28. The van der Waals surface area contributed by atoms with Gasteiger partial charge in [-0.15, -0.1) is 12.3 Å². The molecule has 1 amide bonds. The molecule has 0 unspecified atom stereocenters. The fourth-order valence-electron chi connectivity index (χ4n) is 1.20. The van der Waals surface area contributed by atoms with E-state index in [0.29, 0.717) is 0 Å². The van der Waals surface area contributed by atoms with Crippen LogP contribution in [0, 0.1) is 18.2 Å². The van der Waals surface area contributed by atoms with Gasteiger partial charge in [0.15, 0.2) is 0 Å². The maximum Gasteiger partial charge on any atom is 0.327 e. The highest BCUT2D eigenvalue weighted by Crippen LogP contribution is 2.06. The van der Waals surface area contributed by atoms with E-state index in [-0.39, 0.29) is 12.0 Å². The number of rotatable bonds is 4. The Labute approximate surface area is 97.5 Å². The number of hydrogen-bond acceptors (Lipinski definition) is 2. The molecular formula is C12H10FNO3. The lowest BCUT2D eigenvalue weighted by Crippen LogP contribution is -2.40. The van der Waals surface area contributed by atoms with E-state index in [1.165, 1.54) is 18.2 Å². The van der Waals surface area contributed by atoms with Crippen LogP contribution in [0.2, 0.25) is 0 Å². The second kappa shape index (κ2) is 5.66. The van der Waals surface area contributed by atoms with Crippen LogP contribution < -0.4 is 5.32 Å². The maximum atomic E-state index is 13.2. The molecule has 4 nitrogen and oxygen atoms in total. The molecule has 0 fully saturated rings. The van der Waals surface area contributed by atoms with E-state index >= 15 is 0 Å². The largest absolute Gasteiger partial charge is 0.480 e. The van der Waals surface area contributed by atoms with E-state index in [2.05, 4.69) is 11.2 Å². The molecule has 0 aliphatic heterocycles. The van der Waals surface area contributed by atoms with Gasteiger partial charge in [0.2, 0.25) is 0 Å². The summed E-state index contributed by atoms with van der Waals surface area (Å²) in [6.45, 7) is 0. The van der Waals surface area contributed by atoms with E-state index in [4.69, 9.17) is 11.5 Å². The van der Waals surface area contributed by atoms with E-state index in [9.17, 15) is 14.0 Å². The van der Waals surface area contributed by atoms with Crippen molar-refractivity contribution in [3.8, 4) is 12.3 Å². The van der Waals surface area contributed by atoms with Crippen LogP contribution in [0.3, 0.4) is 0 Å². The third kappa shape index (κ3) is 3.31. The van der Waals surface area contributed by atoms with Crippen LogP contribution in [0.25, 0.3) is 0 Å². The van der Waals surface area contributed by atoms with E-state index in [1.807, 2.05) is 0 Å². The highest BCUT2D eigenvalue weighted by molar-refractivity contribution is 5.96. The molecule has 1 rings (SSSR count). The summed E-state index contributed by atoms with van der Waals surface area (Å²) in [5.74, 6) is -0.639. The highest BCUT2D eigenvalue weighted by Gasteiger charge is 2.20. The van der Waals surface area contributed by atoms with E-state index < -0.39 is 23.7 Å². The number of aliphatic carboxylic acids is 1. The number of benzene rings is 1. The molecule has 0 saturated carbocycles. The Morgan fingerprint density at radius 3 is 2.65 bits per heavy atom. The number of carboxylic acids is 1. The van der Waals surface area contributed by atoms with E-state index in [0.717, 1.165) is 6.07 Å². The fourth-order valence-corrected chi connectivity index (χ4v) is 1.20. The van der Waals surface area contributed by atoms with Crippen molar-refractivity contribution in [2.45, 2.75) is 12.5 Å². The fraction of sp³-hybridized carbons (Fsp3) is 0.167. The summed E-state index contributed by atoms with van der Waals surface area (Å²) in [7, 11) is 0. The van der Waals surface area contributed by atoms with Crippen molar-refractivity contribution in [3.63, 3.8) is 0 Å². The summed E-state index contributed by atoms with van der Waals surface area (Å²) in [5.41, 5.74) is -0.212. The Morgan fingerprint density at radius 2 is 2.12 bits per heavy atom. The van der Waals surface area contributed by atoms with Crippen LogP contribution >= 0.6 is 0 Å². The number of halogens is 1. The normalized spacial score (nSPS) is 11.3. The van der Waals surface area contributed by atoms with Crippen LogP contribution in [0.5, 0.6) is 0 Å². The minimum Gasteiger partial charge on any atom is -0.480 e. The number of amides is 1. The Balaban J connectivity index is 2.82. The number of nitrogens with one attached hydrogen (secondary N) is 1. The summed E-state index contributed by atoms with van der Waals surface area (Å²) in [5, 5.41) is 10.9. The van der Waals surface area contributed by atoms with Gasteiger partial charge in [-0.25, -0.2) is 9.18 Å². The Morgan fingerprint density at radius 1 is 1.47 bits per heavy atom. The standard InChI is InChI=1S/C12H10FNO3/c1-2-5-10(12(16)17)14-11(15)8-6-3-4-7-9(8)13/h1,3-4,6-7,10H,5H2,(H,14,15)(H,16,17)/t10-/m0/s1. The second-order valence-electron chi connectivity index (χ2n) is 3.25. The van der Waals surface area contributed by atoms with Crippen molar-refractivity contribution in [2.75, 3.05) is 0 Å². The van der Waals surface area contributed by atoms with Crippen molar-refractivity contribution in [2.24, 2.45) is 0 Å². The summed E-state index contributed by atoms with van der Waals surface area (Å²) < 4.78 is 13.2. The maximum absolute atomic E-state index is 13.2. The smallest absolute Gasteiger partial charge is 0.327 e. The predicted molar refractivity (Wildman–Crippen MR) is 58.7 cm³/mol. The van der Waals surface area contributed by atoms with Gasteiger partial charge in [0.1, 0.15) is 11.9 Å². The van der Waals surface area contributed by atoms with Crippen molar-refractivity contribution >= 4 is 11.9 Å². The molecule has 0 heterocycles. The minimum absolute atomic E-state index is 0.157. The van der Waals surface area contributed by atoms with Crippen LogP contribution in [-0.2, 0) is 4.79 Å². The first-order valence-electron chi connectivity index (χ1n) is 4.78. The quantitative estimate of drug-likeness (QED) is 0.766. The minimum atomic E-state index is -1.26. The number of terminal acetylenes is 1. The van der Waals surface area contributed by atoms with Crippen molar-refractivity contribution in [1.82, 2.24) is 5.32 Å². The van der Waals surface area contributed by atoms with Crippen LogP contribution in [0.4, 0.5) is 4.39 Å². The molecule has 0 aliphatic carbocycles. The first kappa shape index (κ1) is 12.7. The van der Waals surface area contributed by atoms with Gasteiger partial charge in [0, 0.05) is 6.42 Å². The molecule has 1 aromatic carbocycles. The third-order valence-corrected chi connectivity index (χ3v) is 2.04. The molecular weight excluding hydrogens is 225 g/mol. The van der Waals surface area contributed by atoms with Gasteiger partial charge < -0.3 is 10.4 Å². The molecule has 2 N–H and O–H groups in total. The van der Waals surface area contributed by atoms with Gasteiger partial charge in [-0.3, -0.25) is 4.79 Å². The topological polar surface area (TPSA) is 66.4 Å². The average molecular weight is 235 g/mol. The zero-order valence-corrected chi connectivity index (χ0v) is 8.81. The summed E-state index contributed by atoms with van der Waals surface area (Å²) in [4.78, 5) is 22.3. The Bertz CT molecular complexity index is 479. The first-order valence-corrected chi connectivity index (χ1v) is 4.78. The first-order chi connectivity index (χ1) is 8.06. The molecule has 1 atom stereocenters. The number of hydrogen-bond donors (Lipinski definition) is 2. The van der Waals surface area contributed by atoms with Crippen molar-refractivity contribution in [3.05, 3.63) is 35.6 Å². The van der Waals surface area contributed by atoms with Gasteiger partial charge in [-0.1, -0.05) is 12.1 Å². The Kier molecular flexibility index (Phi) is 4.23. The summed E-state index contributed by atoms with van der Waals surface area (Å²) >= 11 is 0. The van der Waals surface area contributed by atoms with Crippen molar-refractivity contribution in [1.29, 1.82) is 0 Å². The lowest BCUT2D eigenvalue weighted by molar-refractivity contribution is -0.139. The van der Waals surface area contributed by atoms with Crippen LogP contribution in [-0.4, -0.2) is 23.0 Å². The Hall–Kier alpha value is -2.35. The molecule has 0 saturated heterocycles. The van der Waals surface area contributed by atoms with E-state index in [1.54, 1.807) is 0 Å². The van der Waals surface area contributed by atoms with Gasteiger partial charge in [0.25, 0.3) is 5.91 Å². The van der Waals surface area contributed by atoms with Crippen LogP contribution in [0.1, 0.15) is 16.8 Å². The number of carbonyl (C=O) groups excluding carboxylic acids is 1. The van der Waals surface area contributed by atoms with Gasteiger partial charge in [-0.2, -0.15) is 0 Å². The lowest BCUT2D eigenvalue weighted by Gasteiger charge is -2.11. The van der Waals surface area contributed by atoms with Crippen LogP contribution in [0.15, 0.2) is 24.3 Å². The molecule has 0 radical (unpaired) electrons.